The van der Waals surface area contributed by atoms with Crippen LogP contribution in [0.1, 0.15) is 31.7 Å². The van der Waals surface area contributed by atoms with Gasteiger partial charge in [0.25, 0.3) is 0 Å². The van der Waals surface area contributed by atoms with Crippen LogP contribution in [-0.4, -0.2) is 38.4 Å². The topological polar surface area (TPSA) is 45.7 Å². The van der Waals surface area contributed by atoms with Crippen molar-refractivity contribution in [1.29, 1.82) is 0 Å². The van der Waals surface area contributed by atoms with Crippen molar-refractivity contribution in [2.75, 3.05) is 26.2 Å². The zero-order valence-electron chi connectivity index (χ0n) is 14.4. The Bertz CT molecular complexity index is 470. The molecule has 0 heterocycles. The lowest BCUT2D eigenvalue weighted by Crippen LogP contribution is -2.39. The predicted molar refractivity (Wildman–Crippen MR) is 105 cm³/mol. The second kappa shape index (κ2) is 14.2. The third-order valence-corrected chi connectivity index (χ3v) is 3.12. The van der Waals surface area contributed by atoms with Crippen LogP contribution in [-0.2, 0) is 11.3 Å². The first-order valence-corrected chi connectivity index (χ1v) is 8.22. The molecule has 0 aromatic heterocycles. The van der Waals surface area contributed by atoms with Crippen LogP contribution in [0.4, 0.5) is 13.2 Å². The molecule has 0 fully saturated rings. The SMILES string of the molecule is CCNC(=NCCCCOCc1ccccc1)NCCC(F)(F)F.I. The molecule has 0 unspecified atom stereocenters. The first-order valence-electron chi connectivity index (χ1n) is 8.22. The van der Waals surface area contributed by atoms with Crippen molar-refractivity contribution in [1.82, 2.24) is 10.6 Å². The molecule has 0 saturated carbocycles. The van der Waals surface area contributed by atoms with E-state index in [1.807, 2.05) is 37.3 Å². The number of alkyl halides is 3. The Kier molecular flexibility index (Phi) is 13.6. The van der Waals surface area contributed by atoms with Crippen molar-refractivity contribution in [3.8, 4) is 0 Å². The number of benzene rings is 1. The predicted octanol–water partition coefficient (Wildman–Crippen LogP) is 4.11. The standard InChI is InChI=1S/C17H26F3N3O.HI/c1-2-21-16(23-12-10-17(18,19)20)22-11-6-7-13-24-14-15-8-4-3-5-9-15;/h3-5,8-9H,2,6-7,10-14H2,1H3,(H2,21,22,23);1H. The van der Waals surface area contributed by atoms with Crippen molar-refractivity contribution in [2.45, 2.75) is 39.0 Å². The normalized spacial score (nSPS) is 11.8. The Balaban J connectivity index is 0.00000576. The molecule has 1 aromatic rings. The van der Waals surface area contributed by atoms with Gasteiger partial charge in [-0.25, -0.2) is 0 Å². The summed E-state index contributed by atoms with van der Waals surface area (Å²) in [5.74, 6) is 0.423. The smallest absolute Gasteiger partial charge is 0.377 e. The van der Waals surface area contributed by atoms with Gasteiger partial charge in [0.15, 0.2) is 5.96 Å². The lowest BCUT2D eigenvalue weighted by Gasteiger charge is -2.12. The molecule has 1 aromatic carbocycles. The molecule has 2 N–H and O–H groups in total. The molecule has 0 bridgehead atoms. The Morgan fingerprint density at radius 3 is 2.48 bits per heavy atom. The molecule has 0 aliphatic heterocycles. The van der Waals surface area contributed by atoms with Gasteiger partial charge in [-0.2, -0.15) is 13.2 Å². The highest BCUT2D eigenvalue weighted by Gasteiger charge is 2.26. The molecular weight excluding hydrogens is 446 g/mol. The van der Waals surface area contributed by atoms with Gasteiger partial charge in [0.05, 0.1) is 13.0 Å². The zero-order valence-corrected chi connectivity index (χ0v) is 16.8. The monoisotopic (exact) mass is 473 g/mol. The van der Waals surface area contributed by atoms with E-state index < -0.39 is 12.6 Å². The number of halogens is 4. The van der Waals surface area contributed by atoms with Crippen molar-refractivity contribution < 1.29 is 17.9 Å². The van der Waals surface area contributed by atoms with Gasteiger partial charge in [0, 0.05) is 26.2 Å². The maximum atomic E-state index is 12.1. The molecule has 0 spiro atoms. The zero-order chi connectivity index (χ0) is 17.7. The molecular formula is C17H27F3IN3O. The molecule has 8 heteroatoms. The van der Waals surface area contributed by atoms with E-state index in [1.165, 1.54) is 0 Å². The van der Waals surface area contributed by atoms with Crippen molar-refractivity contribution >= 4 is 29.9 Å². The second-order valence-corrected chi connectivity index (χ2v) is 5.30. The Morgan fingerprint density at radius 1 is 1.12 bits per heavy atom. The number of unbranched alkanes of at least 4 members (excludes halogenated alkanes) is 1. The van der Waals surface area contributed by atoms with Gasteiger partial charge in [-0.15, -0.1) is 24.0 Å². The molecule has 0 aliphatic carbocycles. The number of hydrogen-bond donors (Lipinski definition) is 2. The summed E-state index contributed by atoms with van der Waals surface area (Å²) in [5, 5.41) is 5.62. The van der Waals surface area contributed by atoms with E-state index in [-0.39, 0.29) is 30.5 Å². The summed E-state index contributed by atoms with van der Waals surface area (Å²) in [6.07, 6.45) is -3.34. The van der Waals surface area contributed by atoms with E-state index in [0.717, 1.165) is 18.4 Å². The van der Waals surface area contributed by atoms with E-state index >= 15 is 0 Å². The van der Waals surface area contributed by atoms with Crippen LogP contribution in [0.15, 0.2) is 35.3 Å². The highest BCUT2D eigenvalue weighted by Crippen LogP contribution is 2.18. The Hall–Kier alpha value is -1.03. The maximum Gasteiger partial charge on any atom is 0.390 e. The summed E-state index contributed by atoms with van der Waals surface area (Å²) in [4.78, 5) is 4.26. The summed E-state index contributed by atoms with van der Waals surface area (Å²) in [6.45, 7) is 4.09. The third kappa shape index (κ3) is 13.9. The van der Waals surface area contributed by atoms with Crippen LogP contribution in [0.3, 0.4) is 0 Å². The largest absolute Gasteiger partial charge is 0.390 e. The molecule has 0 saturated heterocycles. The van der Waals surface area contributed by atoms with Gasteiger partial charge < -0.3 is 15.4 Å². The maximum absolute atomic E-state index is 12.1. The minimum atomic E-state index is -4.15. The van der Waals surface area contributed by atoms with Gasteiger partial charge in [-0.3, -0.25) is 4.99 Å². The Morgan fingerprint density at radius 2 is 1.84 bits per heavy atom. The number of rotatable bonds is 10. The van der Waals surface area contributed by atoms with Crippen molar-refractivity contribution in [3.63, 3.8) is 0 Å². The Labute approximate surface area is 164 Å². The van der Waals surface area contributed by atoms with E-state index in [4.69, 9.17) is 4.74 Å². The molecule has 0 atom stereocenters. The number of hydrogen-bond acceptors (Lipinski definition) is 2. The summed E-state index contributed by atoms with van der Waals surface area (Å²) in [6, 6.07) is 9.94. The number of guanidine groups is 1. The third-order valence-electron chi connectivity index (χ3n) is 3.12. The lowest BCUT2D eigenvalue weighted by atomic mass is 10.2. The van der Waals surface area contributed by atoms with Crippen molar-refractivity contribution in [2.24, 2.45) is 4.99 Å². The molecule has 0 aliphatic rings. The molecule has 0 amide bonds. The second-order valence-electron chi connectivity index (χ2n) is 5.30. The quantitative estimate of drug-likeness (QED) is 0.233. The number of nitrogens with one attached hydrogen (secondary N) is 2. The fourth-order valence-electron chi connectivity index (χ4n) is 1.94. The average molecular weight is 473 g/mol. The minimum absolute atomic E-state index is 0. The molecule has 144 valence electrons. The van der Waals surface area contributed by atoms with Gasteiger partial charge in [0.1, 0.15) is 0 Å². The van der Waals surface area contributed by atoms with Crippen LogP contribution in [0, 0.1) is 0 Å². The number of nitrogens with zero attached hydrogens (tertiary/aromatic N) is 1. The first kappa shape index (κ1) is 24.0. The van der Waals surface area contributed by atoms with Gasteiger partial charge >= 0.3 is 6.18 Å². The van der Waals surface area contributed by atoms with E-state index in [9.17, 15) is 13.2 Å². The highest BCUT2D eigenvalue weighted by molar-refractivity contribution is 14.0. The van der Waals surface area contributed by atoms with E-state index in [1.54, 1.807) is 0 Å². The van der Waals surface area contributed by atoms with Crippen LogP contribution in [0.5, 0.6) is 0 Å². The van der Waals surface area contributed by atoms with Crippen LogP contribution >= 0.6 is 24.0 Å². The van der Waals surface area contributed by atoms with Gasteiger partial charge in [-0.05, 0) is 25.3 Å². The summed E-state index contributed by atoms with van der Waals surface area (Å²) in [7, 11) is 0. The van der Waals surface area contributed by atoms with Gasteiger partial charge in [0.2, 0.25) is 0 Å². The van der Waals surface area contributed by atoms with Gasteiger partial charge in [-0.1, -0.05) is 30.3 Å². The molecule has 1 rings (SSSR count). The van der Waals surface area contributed by atoms with Crippen LogP contribution < -0.4 is 10.6 Å². The summed E-state index contributed by atoms with van der Waals surface area (Å²) >= 11 is 0. The van der Waals surface area contributed by atoms with Crippen LogP contribution in [0.2, 0.25) is 0 Å². The fourth-order valence-corrected chi connectivity index (χ4v) is 1.94. The van der Waals surface area contributed by atoms with E-state index in [0.29, 0.717) is 32.3 Å². The van der Waals surface area contributed by atoms with Crippen molar-refractivity contribution in [3.05, 3.63) is 35.9 Å². The highest BCUT2D eigenvalue weighted by atomic mass is 127. The summed E-state index contributed by atoms with van der Waals surface area (Å²) < 4.78 is 41.9. The number of ether oxygens (including phenoxy) is 1. The molecule has 4 nitrogen and oxygen atoms in total. The first-order chi connectivity index (χ1) is 11.5. The molecule has 0 radical (unpaired) electrons. The summed E-state index contributed by atoms with van der Waals surface area (Å²) in [5.41, 5.74) is 1.14. The molecule has 25 heavy (non-hydrogen) atoms. The van der Waals surface area contributed by atoms with Crippen LogP contribution in [0.25, 0.3) is 0 Å². The minimum Gasteiger partial charge on any atom is -0.377 e. The van der Waals surface area contributed by atoms with E-state index in [2.05, 4.69) is 15.6 Å². The fraction of sp³-hybridized carbons (Fsp3) is 0.588. The lowest BCUT2D eigenvalue weighted by molar-refractivity contribution is -0.132. The average Bonchev–Trinajstić information content (AvgIpc) is 2.53. The number of aliphatic imine (C=N–C) groups is 1.